The van der Waals surface area contributed by atoms with Crippen molar-refractivity contribution in [3.63, 3.8) is 0 Å². The number of benzene rings is 1. The van der Waals surface area contributed by atoms with Crippen molar-refractivity contribution in [3.05, 3.63) is 34.4 Å². The second-order valence-electron chi connectivity index (χ2n) is 4.40. The molecule has 6 nitrogen and oxygen atoms in total. The van der Waals surface area contributed by atoms with Gasteiger partial charge in [-0.25, -0.2) is 4.79 Å². The second kappa shape index (κ2) is 5.38. The Balaban J connectivity index is 2.34. The van der Waals surface area contributed by atoms with Crippen molar-refractivity contribution in [1.82, 2.24) is 5.32 Å². The van der Waals surface area contributed by atoms with Gasteiger partial charge in [-0.05, 0) is 24.1 Å². The number of nitrogens with two attached hydrogens (primary N) is 1. The molecule has 19 heavy (non-hydrogen) atoms. The number of cyclic esters (lactones) is 1. The SMILES string of the molecule is Cc1c(C(CN)NC(=O)CO)ccc2c1COC2=O. The van der Waals surface area contributed by atoms with Crippen molar-refractivity contribution in [3.8, 4) is 0 Å². The monoisotopic (exact) mass is 264 g/mol. The molecule has 0 radical (unpaired) electrons. The molecule has 0 bridgehead atoms. The molecular formula is C13H16N2O4. The molecule has 0 saturated carbocycles. The van der Waals surface area contributed by atoms with E-state index in [4.69, 9.17) is 15.6 Å². The van der Waals surface area contributed by atoms with Crippen LogP contribution in [-0.2, 0) is 16.1 Å². The highest BCUT2D eigenvalue weighted by atomic mass is 16.5. The Labute approximate surface area is 110 Å². The van der Waals surface area contributed by atoms with E-state index in [-0.39, 0.29) is 25.2 Å². The molecule has 1 heterocycles. The summed E-state index contributed by atoms with van der Waals surface area (Å²) >= 11 is 0. The smallest absolute Gasteiger partial charge is 0.338 e. The lowest BCUT2D eigenvalue weighted by atomic mass is 9.94. The van der Waals surface area contributed by atoms with E-state index in [1.54, 1.807) is 12.1 Å². The maximum Gasteiger partial charge on any atom is 0.338 e. The Hall–Kier alpha value is -1.92. The third-order valence-electron chi connectivity index (χ3n) is 3.30. The molecule has 1 amide bonds. The topological polar surface area (TPSA) is 102 Å². The van der Waals surface area contributed by atoms with Crippen LogP contribution >= 0.6 is 0 Å². The number of esters is 1. The average molecular weight is 264 g/mol. The van der Waals surface area contributed by atoms with Crippen molar-refractivity contribution >= 4 is 11.9 Å². The van der Waals surface area contributed by atoms with Gasteiger partial charge in [0.1, 0.15) is 13.2 Å². The second-order valence-corrected chi connectivity index (χ2v) is 4.40. The maximum absolute atomic E-state index is 11.4. The first-order chi connectivity index (χ1) is 9.08. The van der Waals surface area contributed by atoms with Crippen molar-refractivity contribution in [2.75, 3.05) is 13.2 Å². The fourth-order valence-electron chi connectivity index (χ4n) is 2.25. The van der Waals surface area contributed by atoms with Crippen LogP contribution in [0.3, 0.4) is 0 Å². The zero-order valence-electron chi connectivity index (χ0n) is 10.6. The molecule has 1 aromatic carbocycles. The number of aliphatic hydroxyl groups excluding tert-OH is 1. The molecule has 0 saturated heterocycles. The van der Waals surface area contributed by atoms with Gasteiger partial charge in [0.2, 0.25) is 5.91 Å². The quantitative estimate of drug-likeness (QED) is 0.652. The number of ether oxygens (including phenoxy) is 1. The lowest BCUT2D eigenvalue weighted by Crippen LogP contribution is -2.35. The van der Waals surface area contributed by atoms with E-state index >= 15 is 0 Å². The average Bonchev–Trinajstić information content (AvgIpc) is 2.79. The summed E-state index contributed by atoms with van der Waals surface area (Å²) in [6.45, 7) is 1.74. The molecule has 0 aliphatic carbocycles. The molecule has 0 spiro atoms. The van der Waals surface area contributed by atoms with Crippen LogP contribution in [0.2, 0.25) is 0 Å². The van der Waals surface area contributed by atoms with Crippen LogP contribution in [0, 0.1) is 6.92 Å². The van der Waals surface area contributed by atoms with Gasteiger partial charge in [0.25, 0.3) is 0 Å². The summed E-state index contributed by atoms with van der Waals surface area (Å²) < 4.78 is 4.98. The molecule has 0 aromatic heterocycles. The summed E-state index contributed by atoms with van der Waals surface area (Å²) in [5.41, 5.74) is 8.77. The van der Waals surface area contributed by atoms with E-state index in [1.807, 2.05) is 6.92 Å². The van der Waals surface area contributed by atoms with Crippen molar-refractivity contribution in [2.24, 2.45) is 5.73 Å². The van der Waals surface area contributed by atoms with Crippen LogP contribution in [-0.4, -0.2) is 30.1 Å². The highest BCUT2D eigenvalue weighted by Crippen LogP contribution is 2.28. The van der Waals surface area contributed by atoms with E-state index < -0.39 is 12.5 Å². The molecule has 1 aliphatic rings. The molecule has 4 N–H and O–H groups in total. The third kappa shape index (κ3) is 2.45. The van der Waals surface area contributed by atoms with Crippen LogP contribution in [0.4, 0.5) is 0 Å². The lowest BCUT2D eigenvalue weighted by molar-refractivity contribution is -0.124. The minimum Gasteiger partial charge on any atom is -0.457 e. The predicted octanol–water partition coefficient (Wildman–Crippen LogP) is -0.226. The van der Waals surface area contributed by atoms with E-state index in [9.17, 15) is 9.59 Å². The van der Waals surface area contributed by atoms with Crippen LogP contribution in [0.25, 0.3) is 0 Å². The minimum atomic E-state index is -0.581. The molecule has 0 fully saturated rings. The molecule has 6 heteroatoms. The molecule has 1 atom stereocenters. The van der Waals surface area contributed by atoms with Crippen LogP contribution in [0.5, 0.6) is 0 Å². The van der Waals surface area contributed by atoms with Gasteiger partial charge in [0.05, 0.1) is 11.6 Å². The van der Waals surface area contributed by atoms with E-state index in [1.165, 1.54) is 0 Å². The van der Waals surface area contributed by atoms with Gasteiger partial charge in [-0.2, -0.15) is 0 Å². The fraction of sp³-hybridized carbons (Fsp3) is 0.385. The Bertz CT molecular complexity index is 528. The number of aliphatic hydroxyl groups is 1. The Morgan fingerprint density at radius 1 is 1.58 bits per heavy atom. The standard InChI is InChI=1S/C13H16N2O4/c1-7-8(11(4-14)15-12(17)5-16)2-3-9-10(7)6-19-13(9)18/h2-3,11,16H,4-6,14H2,1H3,(H,15,17). The number of nitrogens with one attached hydrogen (secondary N) is 1. The first-order valence-corrected chi connectivity index (χ1v) is 5.98. The van der Waals surface area contributed by atoms with E-state index in [2.05, 4.69) is 5.32 Å². The number of hydrogen-bond acceptors (Lipinski definition) is 5. The summed E-state index contributed by atoms with van der Waals surface area (Å²) in [7, 11) is 0. The molecule has 2 rings (SSSR count). The predicted molar refractivity (Wildman–Crippen MR) is 67.3 cm³/mol. The Morgan fingerprint density at radius 3 is 2.95 bits per heavy atom. The molecule has 1 aliphatic heterocycles. The van der Waals surface area contributed by atoms with E-state index in [0.717, 1.165) is 16.7 Å². The summed E-state index contributed by atoms with van der Waals surface area (Å²) in [4.78, 5) is 22.7. The number of fused-ring (bicyclic) bond motifs is 1. The van der Waals surface area contributed by atoms with Gasteiger partial charge in [0, 0.05) is 12.1 Å². The van der Waals surface area contributed by atoms with Crippen molar-refractivity contribution in [2.45, 2.75) is 19.6 Å². The number of carbonyl (C=O) groups is 2. The van der Waals surface area contributed by atoms with Gasteiger partial charge in [-0.3, -0.25) is 4.79 Å². The van der Waals surface area contributed by atoms with Gasteiger partial charge >= 0.3 is 5.97 Å². The third-order valence-corrected chi connectivity index (χ3v) is 3.30. The number of rotatable bonds is 4. The van der Waals surface area contributed by atoms with Gasteiger partial charge in [0.15, 0.2) is 0 Å². The minimum absolute atomic E-state index is 0.209. The first-order valence-electron chi connectivity index (χ1n) is 5.98. The molecule has 102 valence electrons. The summed E-state index contributed by atoms with van der Waals surface area (Å²) in [6.07, 6.45) is 0. The largest absolute Gasteiger partial charge is 0.457 e. The van der Waals surface area contributed by atoms with Crippen LogP contribution in [0.15, 0.2) is 12.1 Å². The first kappa shape index (κ1) is 13.5. The maximum atomic E-state index is 11.4. The Morgan fingerprint density at radius 2 is 2.32 bits per heavy atom. The number of hydrogen-bond donors (Lipinski definition) is 3. The molecule has 1 aromatic rings. The van der Waals surface area contributed by atoms with Crippen LogP contribution in [0.1, 0.15) is 33.1 Å². The summed E-state index contributed by atoms with van der Waals surface area (Å²) in [6, 6.07) is 3.05. The Kier molecular flexibility index (Phi) is 3.82. The molecular weight excluding hydrogens is 248 g/mol. The highest BCUT2D eigenvalue weighted by Gasteiger charge is 2.26. The van der Waals surface area contributed by atoms with Crippen LogP contribution < -0.4 is 11.1 Å². The lowest BCUT2D eigenvalue weighted by Gasteiger charge is -2.20. The number of amides is 1. The van der Waals surface area contributed by atoms with Gasteiger partial charge < -0.3 is 20.9 Å². The van der Waals surface area contributed by atoms with Crippen molar-refractivity contribution < 1.29 is 19.4 Å². The fourth-order valence-corrected chi connectivity index (χ4v) is 2.25. The van der Waals surface area contributed by atoms with Gasteiger partial charge in [-0.15, -0.1) is 0 Å². The van der Waals surface area contributed by atoms with Crippen molar-refractivity contribution in [1.29, 1.82) is 0 Å². The zero-order valence-corrected chi connectivity index (χ0v) is 10.6. The summed E-state index contributed by atoms with van der Waals surface area (Å²) in [5, 5.41) is 11.4. The van der Waals surface area contributed by atoms with Gasteiger partial charge in [-0.1, -0.05) is 6.07 Å². The van der Waals surface area contributed by atoms with E-state index in [0.29, 0.717) is 5.56 Å². The number of carbonyl (C=O) groups excluding carboxylic acids is 2. The summed E-state index contributed by atoms with van der Waals surface area (Å²) in [5.74, 6) is -0.809. The highest BCUT2D eigenvalue weighted by molar-refractivity contribution is 5.94. The zero-order chi connectivity index (χ0) is 14.0. The normalized spacial score (nSPS) is 14.8. The molecule has 1 unspecified atom stereocenters.